The minimum absolute atomic E-state index is 0.506. The van der Waals surface area contributed by atoms with E-state index in [9.17, 15) is 5.21 Å². The summed E-state index contributed by atoms with van der Waals surface area (Å²) in [4.78, 5) is 0. The van der Waals surface area contributed by atoms with Crippen LogP contribution in [-0.4, -0.2) is 18.0 Å². The highest BCUT2D eigenvalue weighted by molar-refractivity contribution is 5.14. The Hall–Kier alpha value is -0.790. The number of allylic oxidation sites excluding steroid dienone is 1. The van der Waals surface area contributed by atoms with E-state index < -0.39 is 0 Å². The first kappa shape index (κ1) is 7.21. The van der Waals surface area contributed by atoms with Gasteiger partial charge in [0, 0.05) is 6.42 Å². The van der Waals surface area contributed by atoms with E-state index in [-0.39, 0.29) is 0 Å². The van der Waals surface area contributed by atoms with Gasteiger partial charge in [0.25, 0.3) is 0 Å². The van der Waals surface area contributed by atoms with Crippen molar-refractivity contribution < 1.29 is 4.74 Å². The number of unbranched alkanes of at least 4 members (excludes halogenated alkanes) is 1. The van der Waals surface area contributed by atoms with Crippen LogP contribution < -0.4 is 0 Å². The smallest absolute Gasteiger partial charge is 0.153 e. The monoisotopic (exact) mass is 113 g/mol. The van der Waals surface area contributed by atoms with Crippen LogP contribution >= 0.6 is 0 Å². The summed E-state index contributed by atoms with van der Waals surface area (Å²) < 4.78 is 0.684. The van der Waals surface area contributed by atoms with E-state index in [0.29, 0.717) is 11.3 Å². The van der Waals surface area contributed by atoms with E-state index in [1.807, 2.05) is 0 Å². The summed E-state index contributed by atoms with van der Waals surface area (Å²) in [5, 5.41) is 10.1. The molecule has 0 fully saturated rings. The van der Waals surface area contributed by atoms with E-state index in [1.54, 1.807) is 6.08 Å². The van der Waals surface area contributed by atoms with Gasteiger partial charge in [-0.3, -0.25) is 0 Å². The molecule has 0 aliphatic rings. The van der Waals surface area contributed by atoms with Crippen LogP contribution in [-0.2, 0) is 0 Å². The first-order chi connectivity index (χ1) is 3.77. The standard InChI is InChI=1S/C6H11NO/c1-3-4-5-6-7(2)8/h3H,1-2,4-6H2. The van der Waals surface area contributed by atoms with Gasteiger partial charge in [-0.25, -0.2) is 4.74 Å². The molecule has 2 heteroatoms. The van der Waals surface area contributed by atoms with Gasteiger partial charge in [0.15, 0.2) is 6.54 Å². The van der Waals surface area contributed by atoms with Crippen molar-refractivity contribution >= 4 is 6.72 Å². The van der Waals surface area contributed by atoms with Crippen LogP contribution in [0.25, 0.3) is 0 Å². The van der Waals surface area contributed by atoms with Gasteiger partial charge in [-0.1, -0.05) is 6.08 Å². The van der Waals surface area contributed by atoms with E-state index in [0.717, 1.165) is 12.8 Å². The topological polar surface area (TPSA) is 26.1 Å². The second kappa shape index (κ2) is 4.37. The molecule has 46 valence electrons. The summed E-state index contributed by atoms with van der Waals surface area (Å²) in [6, 6.07) is 0. The van der Waals surface area contributed by atoms with Gasteiger partial charge in [0.2, 0.25) is 0 Å². The molecule has 2 nitrogen and oxygen atoms in total. The summed E-state index contributed by atoms with van der Waals surface area (Å²) >= 11 is 0. The van der Waals surface area contributed by atoms with Gasteiger partial charge in [0.05, 0.1) is 0 Å². The highest BCUT2D eigenvalue weighted by atomic mass is 16.5. The average molecular weight is 113 g/mol. The fraction of sp³-hybridized carbons (Fsp3) is 0.500. The molecule has 0 heterocycles. The predicted molar refractivity (Wildman–Crippen MR) is 35.0 cm³/mol. The molecule has 0 aliphatic heterocycles. The van der Waals surface area contributed by atoms with Gasteiger partial charge in [-0.2, -0.15) is 0 Å². The highest BCUT2D eigenvalue weighted by Gasteiger charge is 1.85. The minimum atomic E-state index is 0.506. The van der Waals surface area contributed by atoms with Crippen molar-refractivity contribution in [1.29, 1.82) is 0 Å². The molecule has 0 unspecified atom stereocenters. The van der Waals surface area contributed by atoms with E-state index >= 15 is 0 Å². The molecule has 0 amide bonds. The third kappa shape index (κ3) is 5.21. The summed E-state index contributed by atoms with van der Waals surface area (Å²) in [7, 11) is 0. The molecule has 0 N–H and O–H groups in total. The lowest BCUT2D eigenvalue weighted by Crippen LogP contribution is -2.00. The molecule has 0 spiro atoms. The van der Waals surface area contributed by atoms with Gasteiger partial charge in [-0.05, 0) is 6.42 Å². The largest absolute Gasteiger partial charge is 0.624 e. The van der Waals surface area contributed by atoms with Crippen LogP contribution in [0.15, 0.2) is 12.7 Å². The molecule has 0 rings (SSSR count). The molecule has 0 saturated heterocycles. The lowest BCUT2D eigenvalue weighted by Gasteiger charge is -1.97. The SMILES string of the molecule is C=CCCC[N+](=C)[O-]. The number of hydroxylamine groups is 1. The van der Waals surface area contributed by atoms with Crippen molar-refractivity contribution in [1.82, 2.24) is 0 Å². The van der Waals surface area contributed by atoms with Gasteiger partial charge in [-0.15, -0.1) is 6.58 Å². The molecule has 0 bridgehead atoms. The Morgan fingerprint density at radius 1 is 1.62 bits per heavy atom. The Bertz CT molecular complexity index is 88.5. The van der Waals surface area contributed by atoms with Crippen molar-refractivity contribution in [3.63, 3.8) is 0 Å². The van der Waals surface area contributed by atoms with Crippen molar-refractivity contribution in [2.45, 2.75) is 12.8 Å². The summed E-state index contributed by atoms with van der Waals surface area (Å²) in [5.74, 6) is 0. The quantitative estimate of drug-likeness (QED) is 0.134. The molecule has 0 radical (unpaired) electrons. The third-order valence-electron chi connectivity index (χ3n) is 0.816. The maximum atomic E-state index is 10.1. The second-order valence-corrected chi connectivity index (χ2v) is 1.64. The maximum Gasteiger partial charge on any atom is 0.153 e. The number of hydrogen-bond acceptors (Lipinski definition) is 1. The van der Waals surface area contributed by atoms with E-state index in [1.165, 1.54) is 0 Å². The second-order valence-electron chi connectivity index (χ2n) is 1.64. The zero-order chi connectivity index (χ0) is 6.41. The lowest BCUT2D eigenvalue weighted by molar-refractivity contribution is -0.448. The maximum absolute atomic E-state index is 10.1. The first-order valence-corrected chi connectivity index (χ1v) is 2.63. The molecule has 0 aromatic heterocycles. The molecule has 0 aromatic rings. The summed E-state index contributed by atoms with van der Waals surface area (Å²) in [6.45, 7) is 7.18. The summed E-state index contributed by atoms with van der Waals surface area (Å²) in [5.41, 5.74) is 0. The molecule has 0 saturated carbocycles. The van der Waals surface area contributed by atoms with Crippen molar-refractivity contribution in [2.24, 2.45) is 0 Å². The van der Waals surface area contributed by atoms with Crippen LogP contribution in [0, 0.1) is 5.21 Å². The third-order valence-corrected chi connectivity index (χ3v) is 0.816. The van der Waals surface area contributed by atoms with E-state index in [2.05, 4.69) is 13.3 Å². The Balaban J connectivity index is 2.93. The van der Waals surface area contributed by atoms with E-state index in [4.69, 9.17) is 0 Å². The van der Waals surface area contributed by atoms with Crippen LogP contribution in [0.5, 0.6) is 0 Å². The average Bonchev–Trinajstić information content (AvgIpc) is 1.66. The fourth-order valence-corrected chi connectivity index (χ4v) is 0.412. The molecule has 0 atom stereocenters. The van der Waals surface area contributed by atoms with Crippen LogP contribution in [0.3, 0.4) is 0 Å². The predicted octanol–water partition coefficient (Wildman–Crippen LogP) is 1.16. The van der Waals surface area contributed by atoms with Crippen molar-refractivity contribution in [3.05, 3.63) is 17.9 Å². The molecule has 0 aromatic carbocycles. The van der Waals surface area contributed by atoms with Gasteiger partial charge >= 0.3 is 0 Å². The van der Waals surface area contributed by atoms with Crippen LogP contribution in [0.4, 0.5) is 0 Å². The molecule has 0 aliphatic carbocycles. The summed E-state index contributed by atoms with van der Waals surface area (Å²) in [6.07, 6.45) is 3.55. The molecular formula is C6H11NO. The zero-order valence-electron chi connectivity index (χ0n) is 4.97. The van der Waals surface area contributed by atoms with Crippen LogP contribution in [0.2, 0.25) is 0 Å². The Kier molecular flexibility index (Phi) is 3.94. The number of hydrogen-bond donors (Lipinski definition) is 0. The highest BCUT2D eigenvalue weighted by Crippen LogP contribution is 1.87. The lowest BCUT2D eigenvalue weighted by atomic mass is 10.3. The Morgan fingerprint density at radius 3 is 2.62 bits per heavy atom. The fourth-order valence-electron chi connectivity index (χ4n) is 0.412. The zero-order valence-corrected chi connectivity index (χ0v) is 4.97. The Labute approximate surface area is 49.7 Å². The number of nitrogens with zero attached hydrogens (tertiary/aromatic N) is 1. The minimum Gasteiger partial charge on any atom is -0.624 e. The molecular weight excluding hydrogens is 102 g/mol. The van der Waals surface area contributed by atoms with Crippen LogP contribution in [0.1, 0.15) is 12.8 Å². The molecule has 8 heavy (non-hydrogen) atoms. The van der Waals surface area contributed by atoms with Gasteiger partial charge in [0.1, 0.15) is 6.72 Å². The van der Waals surface area contributed by atoms with Gasteiger partial charge < -0.3 is 5.21 Å². The van der Waals surface area contributed by atoms with Crippen molar-refractivity contribution in [3.8, 4) is 0 Å². The Morgan fingerprint density at radius 2 is 2.25 bits per heavy atom. The first-order valence-electron chi connectivity index (χ1n) is 2.63. The number of rotatable bonds is 4. The normalized spacial score (nSPS) is 8.50. The van der Waals surface area contributed by atoms with Crippen molar-refractivity contribution in [2.75, 3.05) is 6.54 Å².